The summed E-state index contributed by atoms with van der Waals surface area (Å²) in [7, 11) is 17.9. The second kappa shape index (κ2) is 20.7. The normalized spacial score (nSPS) is 23.7. The van der Waals surface area contributed by atoms with E-state index in [1.54, 1.807) is 0 Å². The van der Waals surface area contributed by atoms with Crippen LogP contribution in [0.5, 0.6) is 0 Å². The first-order chi connectivity index (χ1) is 50.6. The molecule has 4 aromatic heterocycles. The van der Waals surface area contributed by atoms with Gasteiger partial charge >= 0.3 is 609 Å². The number of hydrogen-bond acceptors (Lipinski definition) is 4. The number of allylic oxidation sites excluding steroid dienone is 4. The van der Waals surface area contributed by atoms with E-state index in [2.05, 4.69) is 329 Å². The van der Waals surface area contributed by atoms with E-state index in [4.69, 9.17) is 17.7 Å². The minimum absolute atomic E-state index is 0.751. The molecule has 0 saturated carbocycles. The molecule has 4 atom stereocenters. The molecule has 6 aliphatic rings. The van der Waals surface area contributed by atoms with E-state index in [1.165, 1.54) is 0 Å². The molecule has 0 amide bonds. The van der Waals surface area contributed by atoms with Crippen molar-refractivity contribution in [3.8, 4) is 44.5 Å². The van der Waals surface area contributed by atoms with Gasteiger partial charge in [-0.15, -0.1) is 0 Å². The Morgan fingerprint density at radius 1 is 0.243 bits per heavy atom. The third kappa shape index (κ3) is 6.46. The first-order valence-electron chi connectivity index (χ1n) is 35.8. The predicted molar refractivity (Wildman–Crippen MR) is 428 cm³/mol. The molecule has 4 nitrogen and oxygen atoms in total. The van der Waals surface area contributed by atoms with E-state index in [1.807, 2.05) is 25.1 Å². The number of rotatable bonds is 8. The average molecular weight is 1560 g/mol. The van der Waals surface area contributed by atoms with Crippen LogP contribution < -0.4 is 0 Å². The molecule has 4 unspecified atom stereocenters. The van der Waals surface area contributed by atoms with E-state index < -0.39 is 43.4 Å². The van der Waals surface area contributed by atoms with Crippen molar-refractivity contribution in [2.24, 2.45) is 0 Å². The molecule has 4 aliphatic carbocycles. The van der Waals surface area contributed by atoms with Crippen LogP contribution in [0, 0.1) is 0 Å². The molecule has 2 saturated heterocycles. The molecule has 490 valence electrons. The fraction of sp³-hybridized carbons (Fsp3) is 0.0638. The summed E-state index contributed by atoms with van der Waals surface area (Å²) in [5, 5.41) is 9.30. The third-order valence-corrected chi connectivity index (χ3v) is 141. The van der Waals surface area contributed by atoms with Crippen molar-refractivity contribution in [2.45, 2.75) is 24.3 Å². The first kappa shape index (κ1) is 60.2. The van der Waals surface area contributed by atoms with Gasteiger partial charge in [0.05, 0.1) is 0 Å². The molecular formula is C94H64Cl2HfO4Si2. The van der Waals surface area contributed by atoms with Crippen LogP contribution >= 0.6 is 17.2 Å². The van der Waals surface area contributed by atoms with Gasteiger partial charge in [0, 0.05) is 0 Å². The number of hydrogen-bond donors (Lipinski definition) is 0. The molecule has 5 spiro atoms. The zero-order valence-corrected chi connectivity index (χ0v) is 63.8. The van der Waals surface area contributed by atoms with Gasteiger partial charge in [0.2, 0.25) is 0 Å². The van der Waals surface area contributed by atoms with Crippen molar-refractivity contribution in [1.29, 1.82) is 0 Å². The molecule has 6 heterocycles. The minimum atomic E-state index is -8.86. The number of halogens is 2. The second-order valence-electron chi connectivity index (χ2n) is 29.6. The molecule has 2 aliphatic heterocycles. The summed E-state index contributed by atoms with van der Waals surface area (Å²) >= 11 is -8.86. The van der Waals surface area contributed by atoms with Crippen LogP contribution in [-0.2, 0) is 25.8 Å². The van der Waals surface area contributed by atoms with Gasteiger partial charge in [0.15, 0.2) is 0 Å². The summed E-state index contributed by atoms with van der Waals surface area (Å²) < 4.78 is 24.4. The fourth-order valence-electron chi connectivity index (χ4n) is 24.1. The Kier molecular flexibility index (Phi) is 12.1. The standard InChI is InChI=1S/2C47H32O2Si.2ClH.Hf/c2*1-50(46-38-22-8-20-36(40(38)28-42(46)44-24-10-26-48-44)34-18-6-14-30-12-2-4-16-32(30)34)47-39-23-9-21-37(41(39)29-43(47)45-25-11-27-49-45)35-19-7-15-31-13-3-5-17-33(31)35;;;/h2*2-29,50H,1H3;2*1H;/q;;;;+2/p-2. The van der Waals surface area contributed by atoms with Crippen LogP contribution in [0.15, 0.2) is 334 Å². The van der Waals surface area contributed by atoms with E-state index in [9.17, 15) is 17.2 Å². The molecule has 0 radical (unpaired) electrons. The van der Waals surface area contributed by atoms with Gasteiger partial charge in [-0.3, -0.25) is 0 Å². The van der Waals surface area contributed by atoms with Gasteiger partial charge in [-0.1, -0.05) is 0 Å². The Morgan fingerprint density at radius 3 is 0.689 bits per heavy atom. The zero-order chi connectivity index (χ0) is 68.5. The topological polar surface area (TPSA) is 52.6 Å². The van der Waals surface area contributed by atoms with Crippen LogP contribution in [0.3, 0.4) is 0 Å². The number of benzene rings is 12. The Labute approximate surface area is 604 Å². The summed E-state index contributed by atoms with van der Waals surface area (Å²) in [5.41, 5.74) is 22.1. The molecule has 16 aromatic rings. The predicted octanol–water partition coefficient (Wildman–Crippen LogP) is 24.9. The van der Waals surface area contributed by atoms with Crippen molar-refractivity contribution in [3.05, 3.63) is 384 Å². The van der Waals surface area contributed by atoms with E-state index in [0.29, 0.717) is 0 Å². The monoisotopic (exact) mass is 1560 g/mol. The van der Waals surface area contributed by atoms with E-state index in [-0.39, 0.29) is 0 Å². The molecular weight excluding hydrogens is 1500 g/mol. The van der Waals surface area contributed by atoms with E-state index in [0.717, 1.165) is 177 Å². The van der Waals surface area contributed by atoms with Gasteiger partial charge in [-0.2, -0.15) is 0 Å². The van der Waals surface area contributed by atoms with Crippen LogP contribution in [0.1, 0.15) is 67.5 Å². The number of fused-ring (bicyclic) bond motifs is 16. The summed E-state index contributed by atoms with van der Waals surface area (Å²) in [6.45, 7) is 5.32. The third-order valence-electron chi connectivity index (χ3n) is 26.6. The molecule has 9 heteroatoms. The zero-order valence-electron chi connectivity index (χ0n) is 56.4. The molecule has 0 bridgehead atoms. The molecule has 12 aromatic carbocycles. The summed E-state index contributed by atoms with van der Waals surface area (Å²) in [5.74, 6) is 3.00. The SMILES string of the molecule is C[SiH]1[C]2(C(c3ccco3)=Cc3c(-c4cccc5ccccc45)cccc32)[Hf]2([Cl])([Cl])([C]13C(c1ccco1)=Cc1c(-c4cccc5ccccc45)cccc13)[C]1(C(c3ccco3)=Cc3c(-c4cccc5ccccc45)cccc31)[SiH](C)[C]21C(c2ccco2)=Cc2c(-c3cccc4ccccc34)cccc21. The van der Waals surface area contributed by atoms with Crippen molar-refractivity contribution < 1.29 is 32.3 Å². The van der Waals surface area contributed by atoms with Crippen LogP contribution in [0.25, 0.3) is 134 Å². The van der Waals surface area contributed by atoms with Crippen molar-refractivity contribution in [2.75, 3.05) is 0 Å². The Bertz CT molecular complexity index is 5730. The average Bonchev–Trinajstić information content (AvgIpc) is 1.51. The summed E-state index contributed by atoms with van der Waals surface area (Å²) in [6.07, 6.45) is 17.5. The maximum absolute atomic E-state index is 12.1. The van der Waals surface area contributed by atoms with Gasteiger partial charge in [-0.05, 0) is 0 Å². The van der Waals surface area contributed by atoms with Crippen LogP contribution in [0.4, 0.5) is 0 Å². The summed E-state index contributed by atoms with van der Waals surface area (Å²) in [6, 6.07) is 108. The first-order valence-corrected chi connectivity index (χ1v) is 56.5. The maximum atomic E-state index is 12.1. The van der Waals surface area contributed by atoms with Crippen molar-refractivity contribution in [3.63, 3.8) is 0 Å². The molecule has 2 fully saturated rings. The Balaban J connectivity index is 1.02. The fourth-order valence-corrected chi connectivity index (χ4v) is 190. The summed E-state index contributed by atoms with van der Waals surface area (Å²) in [4.78, 5) is 0. The quantitative estimate of drug-likeness (QED) is 0.142. The number of furan rings is 4. The van der Waals surface area contributed by atoms with Crippen molar-refractivity contribution >= 4 is 124 Å². The van der Waals surface area contributed by atoms with Gasteiger partial charge < -0.3 is 0 Å². The van der Waals surface area contributed by atoms with Crippen LogP contribution in [-0.4, -0.2) is 17.6 Å². The van der Waals surface area contributed by atoms with Gasteiger partial charge in [0.25, 0.3) is 0 Å². The Morgan fingerprint density at radius 2 is 0.456 bits per heavy atom. The van der Waals surface area contributed by atoms with E-state index >= 15 is 0 Å². The molecule has 0 N–H and O–H groups in total. The Hall–Kier alpha value is -10.4. The molecule has 22 rings (SSSR count). The van der Waals surface area contributed by atoms with Crippen molar-refractivity contribution in [1.82, 2.24) is 0 Å². The van der Waals surface area contributed by atoms with Gasteiger partial charge in [0.1, 0.15) is 0 Å². The second-order valence-corrected chi connectivity index (χ2v) is 83.9. The van der Waals surface area contributed by atoms with Crippen LogP contribution in [0.2, 0.25) is 13.1 Å². The molecule has 103 heavy (non-hydrogen) atoms. The van der Waals surface area contributed by atoms with Gasteiger partial charge in [-0.25, -0.2) is 0 Å².